The van der Waals surface area contributed by atoms with Crippen LogP contribution in [-0.2, 0) is 4.79 Å². The van der Waals surface area contributed by atoms with Gasteiger partial charge in [-0.3, -0.25) is 4.79 Å². The minimum Gasteiger partial charge on any atom is -0.368 e. The van der Waals surface area contributed by atoms with E-state index in [1.807, 2.05) is 0 Å². The molecule has 0 aromatic heterocycles. The van der Waals surface area contributed by atoms with Gasteiger partial charge in [0, 0.05) is 0 Å². The molecular formula is C17H24N2O. The van der Waals surface area contributed by atoms with Gasteiger partial charge in [0.15, 0.2) is 0 Å². The van der Waals surface area contributed by atoms with Gasteiger partial charge in [0.1, 0.15) is 0 Å². The molecule has 108 valence electrons. The Kier molecular flexibility index (Phi) is 4.06. The molecule has 1 heterocycles. The summed E-state index contributed by atoms with van der Waals surface area (Å²) >= 11 is 0. The summed E-state index contributed by atoms with van der Waals surface area (Å²) in [6.45, 7) is 0.936. The molecule has 4 atom stereocenters. The van der Waals surface area contributed by atoms with E-state index >= 15 is 0 Å². The van der Waals surface area contributed by atoms with Crippen molar-refractivity contribution in [2.75, 3.05) is 6.54 Å². The van der Waals surface area contributed by atoms with Crippen molar-refractivity contribution >= 4 is 5.91 Å². The monoisotopic (exact) mass is 272 g/mol. The number of hydrogen-bond acceptors (Lipinski definition) is 2. The van der Waals surface area contributed by atoms with E-state index in [4.69, 9.17) is 5.73 Å². The number of carbonyl (C=O) groups is 1. The van der Waals surface area contributed by atoms with Crippen molar-refractivity contribution in [3.8, 4) is 0 Å². The largest absolute Gasteiger partial charge is 0.368 e. The van der Waals surface area contributed by atoms with Gasteiger partial charge >= 0.3 is 0 Å². The number of piperidine rings is 1. The van der Waals surface area contributed by atoms with E-state index < -0.39 is 0 Å². The van der Waals surface area contributed by atoms with E-state index in [2.05, 4.69) is 35.6 Å². The molecule has 3 nitrogen and oxygen atoms in total. The number of nitrogens with two attached hydrogens (primary N) is 1. The zero-order valence-electron chi connectivity index (χ0n) is 11.9. The smallest absolute Gasteiger partial charge is 0.234 e. The summed E-state index contributed by atoms with van der Waals surface area (Å²) in [7, 11) is 0. The molecule has 0 radical (unpaired) electrons. The minimum atomic E-state index is -0.191. The molecule has 1 aromatic carbocycles. The number of hydrogen-bond donors (Lipinski definition) is 2. The van der Waals surface area contributed by atoms with Crippen molar-refractivity contribution in [1.29, 1.82) is 0 Å². The minimum absolute atomic E-state index is 0.0992. The predicted octanol–water partition coefficient (Wildman–Crippen LogP) is 2.42. The average molecular weight is 272 g/mol. The molecule has 0 bridgehead atoms. The first-order valence-electron chi connectivity index (χ1n) is 7.81. The van der Waals surface area contributed by atoms with Crippen molar-refractivity contribution in [3.63, 3.8) is 0 Å². The summed E-state index contributed by atoms with van der Waals surface area (Å²) in [4.78, 5) is 11.2. The van der Waals surface area contributed by atoms with Crippen LogP contribution in [0.2, 0.25) is 0 Å². The Hall–Kier alpha value is -1.35. The van der Waals surface area contributed by atoms with Crippen LogP contribution in [0.25, 0.3) is 0 Å². The second-order valence-electron chi connectivity index (χ2n) is 6.39. The highest BCUT2D eigenvalue weighted by atomic mass is 16.1. The Morgan fingerprint density at radius 3 is 2.75 bits per heavy atom. The topological polar surface area (TPSA) is 55.1 Å². The van der Waals surface area contributed by atoms with Crippen molar-refractivity contribution in [2.45, 2.75) is 44.1 Å². The fourth-order valence-corrected chi connectivity index (χ4v) is 3.60. The summed E-state index contributed by atoms with van der Waals surface area (Å²) in [6, 6.07) is 10.7. The van der Waals surface area contributed by atoms with Crippen LogP contribution in [0.15, 0.2) is 30.3 Å². The fraction of sp³-hybridized carbons (Fsp3) is 0.588. The zero-order chi connectivity index (χ0) is 13.9. The van der Waals surface area contributed by atoms with Gasteiger partial charge in [0.25, 0.3) is 0 Å². The van der Waals surface area contributed by atoms with Gasteiger partial charge in [-0.25, -0.2) is 0 Å². The Morgan fingerprint density at radius 2 is 2.00 bits per heavy atom. The normalized spacial score (nSPS) is 32.8. The van der Waals surface area contributed by atoms with E-state index in [1.54, 1.807) is 0 Å². The second-order valence-corrected chi connectivity index (χ2v) is 6.39. The first-order chi connectivity index (χ1) is 9.74. The first-order valence-corrected chi connectivity index (χ1v) is 7.81. The number of carbonyl (C=O) groups excluding carboxylic acids is 1. The van der Waals surface area contributed by atoms with Crippen LogP contribution in [0.5, 0.6) is 0 Å². The van der Waals surface area contributed by atoms with E-state index in [0.717, 1.165) is 24.8 Å². The zero-order valence-corrected chi connectivity index (χ0v) is 11.9. The van der Waals surface area contributed by atoms with Crippen LogP contribution in [0, 0.1) is 11.8 Å². The Labute approximate surface area is 120 Å². The predicted molar refractivity (Wildman–Crippen MR) is 80.2 cm³/mol. The maximum atomic E-state index is 11.2. The van der Waals surface area contributed by atoms with Crippen LogP contribution < -0.4 is 11.1 Å². The van der Waals surface area contributed by atoms with Crippen LogP contribution >= 0.6 is 0 Å². The lowest BCUT2D eigenvalue weighted by molar-refractivity contribution is -0.120. The van der Waals surface area contributed by atoms with Gasteiger partial charge in [0.2, 0.25) is 5.91 Å². The SMILES string of the molecule is NC(=O)C1CC(CCC2CC2c2ccccc2)CCN1. The number of benzene rings is 1. The molecule has 1 saturated heterocycles. The van der Waals surface area contributed by atoms with Gasteiger partial charge in [-0.1, -0.05) is 36.8 Å². The molecule has 1 amide bonds. The number of amides is 1. The maximum Gasteiger partial charge on any atom is 0.234 e. The average Bonchev–Trinajstić information content (AvgIpc) is 3.26. The van der Waals surface area contributed by atoms with E-state index in [-0.39, 0.29) is 11.9 Å². The van der Waals surface area contributed by atoms with Crippen LogP contribution in [0.1, 0.15) is 43.6 Å². The lowest BCUT2D eigenvalue weighted by Gasteiger charge is -2.28. The highest BCUT2D eigenvalue weighted by Gasteiger charge is 2.38. The third-order valence-corrected chi connectivity index (χ3v) is 4.95. The van der Waals surface area contributed by atoms with Crippen molar-refractivity contribution < 1.29 is 4.79 Å². The quantitative estimate of drug-likeness (QED) is 0.865. The molecule has 1 aromatic rings. The summed E-state index contributed by atoms with van der Waals surface area (Å²) in [5.74, 6) is 2.12. The standard InChI is InChI=1S/C17H24N2O/c18-17(20)16-10-12(8-9-19-16)6-7-14-11-15(14)13-4-2-1-3-5-13/h1-5,12,14-16,19H,6-11H2,(H2,18,20). The molecule has 1 aliphatic carbocycles. The highest BCUT2D eigenvalue weighted by molar-refractivity contribution is 5.79. The molecular weight excluding hydrogens is 248 g/mol. The fourth-order valence-electron chi connectivity index (χ4n) is 3.60. The van der Waals surface area contributed by atoms with Crippen LogP contribution in [0.3, 0.4) is 0 Å². The van der Waals surface area contributed by atoms with E-state index in [0.29, 0.717) is 5.92 Å². The third-order valence-electron chi connectivity index (χ3n) is 4.95. The third kappa shape index (κ3) is 3.21. The summed E-state index contributed by atoms with van der Waals surface area (Å²) in [5, 5.41) is 3.21. The molecule has 1 saturated carbocycles. The molecule has 4 unspecified atom stereocenters. The molecule has 0 spiro atoms. The van der Waals surface area contributed by atoms with Crippen LogP contribution in [0.4, 0.5) is 0 Å². The molecule has 1 aliphatic heterocycles. The van der Waals surface area contributed by atoms with E-state index in [1.165, 1.54) is 31.2 Å². The Bertz CT molecular complexity index is 459. The number of nitrogens with one attached hydrogen (secondary N) is 1. The van der Waals surface area contributed by atoms with Gasteiger partial charge in [-0.2, -0.15) is 0 Å². The Morgan fingerprint density at radius 1 is 1.20 bits per heavy atom. The van der Waals surface area contributed by atoms with Gasteiger partial charge in [-0.15, -0.1) is 0 Å². The van der Waals surface area contributed by atoms with Gasteiger partial charge in [-0.05, 0) is 55.5 Å². The lowest BCUT2D eigenvalue weighted by atomic mass is 9.87. The van der Waals surface area contributed by atoms with Gasteiger partial charge in [0.05, 0.1) is 6.04 Å². The molecule has 3 N–H and O–H groups in total. The van der Waals surface area contributed by atoms with Crippen molar-refractivity contribution in [2.24, 2.45) is 17.6 Å². The van der Waals surface area contributed by atoms with Crippen LogP contribution in [-0.4, -0.2) is 18.5 Å². The molecule has 2 aliphatic rings. The molecule has 2 fully saturated rings. The summed E-state index contributed by atoms with van der Waals surface area (Å²) in [6.07, 6.45) is 6.01. The molecule has 3 heteroatoms. The highest BCUT2D eigenvalue weighted by Crippen LogP contribution is 2.50. The van der Waals surface area contributed by atoms with Crippen molar-refractivity contribution in [3.05, 3.63) is 35.9 Å². The number of rotatable bonds is 5. The van der Waals surface area contributed by atoms with Crippen molar-refractivity contribution in [1.82, 2.24) is 5.32 Å². The van der Waals surface area contributed by atoms with Gasteiger partial charge < -0.3 is 11.1 Å². The molecule has 3 rings (SSSR count). The summed E-state index contributed by atoms with van der Waals surface area (Å²) < 4.78 is 0. The second kappa shape index (κ2) is 5.96. The van der Waals surface area contributed by atoms with E-state index in [9.17, 15) is 4.79 Å². The Balaban J connectivity index is 1.44. The first kappa shape index (κ1) is 13.6. The number of primary amides is 1. The molecule has 20 heavy (non-hydrogen) atoms. The lowest BCUT2D eigenvalue weighted by Crippen LogP contribution is -2.46. The summed E-state index contributed by atoms with van der Waals surface area (Å²) in [5.41, 5.74) is 6.89. The maximum absolute atomic E-state index is 11.2.